The zero-order valence-electron chi connectivity index (χ0n) is 14.9. The third-order valence-electron chi connectivity index (χ3n) is 4.94. The molecule has 0 bridgehead atoms. The molecule has 2 aromatic rings. The highest BCUT2D eigenvalue weighted by molar-refractivity contribution is 5.78. The summed E-state index contributed by atoms with van der Waals surface area (Å²) in [5.74, 6) is 1.14. The van der Waals surface area contributed by atoms with Crippen LogP contribution in [0.25, 0.3) is 0 Å². The predicted molar refractivity (Wildman–Crippen MR) is 99.4 cm³/mol. The van der Waals surface area contributed by atoms with Crippen molar-refractivity contribution in [2.24, 2.45) is 0 Å². The highest BCUT2D eigenvalue weighted by Crippen LogP contribution is 2.32. The number of amides is 1. The standard InChI is InChI=1S/C21H26N2O2/c1-3-23-20(24)14-13-18(21(23)16-9-5-4-6-10-16)22-15-17-11-7-8-12-19(17)25-2/h4-12,18,21-22H,3,13-15H2,1-2H3/t18-,21-/m1/s1. The first-order chi connectivity index (χ1) is 12.2. The Morgan fingerprint density at radius 2 is 1.84 bits per heavy atom. The van der Waals surface area contributed by atoms with Gasteiger partial charge in [-0.15, -0.1) is 0 Å². The van der Waals surface area contributed by atoms with Gasteiger partial charge in [-0.25, -0.2) is 0 Å². The first-order valence-corrected chi connectivity index (χ1v) is 8.94. The van der Waals surface area contributed by atoms with Crippen molar-refractivity contribution in [2.45, 2.75) is 38.4 Å². The van der Waals surface area contributed by atoms with Gasteiger partial charge in [0.2, 0.25) is 5.91 Å². The Morgan fingerprint density at radius 1 is 1.12 bits per heavy atom. The average molecular weight is 338 g/mol. The van der Waals surface area contributed by atoms with Gasteiger partial charge in [-0.05, 0) is 25.0 Å². The van der Waals surface area contributed by atoms with Crippen LogP contribution in [-0.2, 0) is 11.3 Å². The molecule has 1 saturated heterocycles. The number of methoxy groups -OCH3 is 1. The van der Waals surface area contributed by atoms with Gasteiger partial charge in [-0.1, -0.05) is 48.5 Å². The largest absolute Gasteiger partial charge is 0.496 e. The highest BCUT2D eigenvalue weighted by Gasteiger charge is 2.35. The van der Waals surface area contributed by atoms with Crippen molar-refractivity contribution in [1.82, 2.24) is 10.2 Å². The van der Waals surface area contributed by atoms with E-state index in [0.717, 1.165) is 30.8 Å². The molecular formula is C21H26N2O2. The maximum absolute atomic E-state index is 12.4. The summed E-state index contributed by atoms with van der Waals surface area (Å²) in [6, 6.07) is 18.7. The van der Waals surface area contributed by atoms with Gasteiger partial charge in [0.1, 0.15) is 5.75 Å². The van der Waals surface area contributed by atoms with Gasteiger partial charge in [0.25, 0.3) is 0 Å². The molecule has 1 amide bonds. The van der Waals surface area contributed by atoms with Crippen LogP contribution >= 0.6 is 0 Å². The molecule has 3 rings (SSSR count). The minimum absolute atomic E-state index is 0.0714. The van der Waals surface area contributed by atoms with E-state index in [1.807, 2.05) is 41.3 Å². The van der Waals surface area contributed by atoms with E-state index in [1.54, 1.807) is 7.11 Å². The second kappa shape index (κ2) is 8.17. The van der Waals surface area contributed by atoms with E-state index in [2.05, 4.69) is 30.4 Å². The molecule has 0 unspecified atom stereocenters. The number of likely N-dealkylation sites (N-methyl/N-ethyl adjacent to an activating group) is 1. The zero-order valence-corrected chi connectivity index (χ0v) is 14.9. The quantitative estimate of drug-likeness (QED) is 0.876. The van der Waals surface area contributed by atoms with Crippen LogP contribution in [0.3, 0.4) is 0 Å². The molecule has 1 aliphatic heterocycles. The fourth-order valence-electron chi connectivity index (χ4n) is 3.69. The van der Waals surface area contributed by atoms with Crippen molar-refractivity contribution < 1.29 is 9.53 Å². The molecule has 132 valence electrons. The Bertz CT molecular complexity index is 702. The molecule has 0 aliphatic carbocycles. The summed E-state index contributed by atoms with van der Waals surface area (Å²) in [7, 11) is 1.70. The average Bonchev–Trinajstić information content (AvgIpc) is 2.67. The van der Waals surface area contributed by atoms with Crippen molar-refractivity contribution in [2.75, 3.05) is 13.7 Å². The van der Waals surface area contributed by atoms with E-state index in [4.69, 9.17) is 4.74 Å². The van der Waals surface area contributed by atoms with Crippen molar-refractivity contribution in [1.29, 1.82) is 0 Å². The fraction of sp³-hybridized carbons (Fsp3) is 0.381. The number of ether oxygens (including phenoxy) is 1. The third kappa shape index (κ3) is 3.85. The molecule has 2 atom stereocenters. The Labute approximate surface area is 149 Å². The van der Waals surface area contributed by atoms with Crippen LogP contribution in [0.1, 0.15) is 36.9 Å². The van der Waals surface area contributed by atoms with E-state index < -0.39 is 0 Å². The van der Waals surface area contributed by atoms with Gasteiger partial charge in [-0.2, -0.15) is 0 Å². The number of hydrogen-bond donors (Lipinski definition) is 1. The van der Waals surface area contributed by atoms with Gasteiger partial charge in [0.05, 0.1) is 13.2 Å². The molecule has 0 radical (unpaired) electrons. The maximum atomic E-state index is 12.4. The minimum atomic E-state index is 0.0714. The Hall–Kier alpha value is -2.33. The first-order valence-electron chi connectivity index (χ1n) is 8.94. The number of benzene rings is 2. The number of likely N-dealkylation sites (tertiary alicyclic amines) is 1. The third-order valence-corrected chi connectivity index (χ3v) is 4.94. The van der Waals surface area contributed by atoms with Crippen LogP contribution in [0, 0.1) is 0 Å². The lowest BCUT2D eigenvalue weighted by atomic mass is 9.89. The van der Waals surface area contributed by atoms with E-state index in [-0.39, 0.29) is 18.0 Å². The number of hydrogen-bond acceptors (Lipinski definition) is 3. The maximum Gasteiger partial charge on any atom is 0.223 e. The number of rotatable bonds is 6. The van der Waals surface area contributed by atoms with E-state index in [0.29, 0.717) is 6.42 Å². The number of nitrogens with zero attached hydrogens (tertiary/aromatic N) is 1. The number of carbonyl (C=O) groups is 1. The molecule has 4 nitrogen and oxygen atoms in total. The van der Waals surface area contributed by atoms with Crippen LogP contribution in [0.2, 0.25) is 0 Å². The first kappa shape index (κ1) is 17.5. The lowest BCUT2D eigenvalue weighted by Gasteiger charge is -2.41. The fourth-order valence-corrected chi connectivity index (χ4v) is 3.69. The summed E-state index contributed by atoms with van der Waals surface area (Å²) >= 11 is 0. The molecule has 1 aliphatic rings. The van der Waals surface area contributed by atoms with Gasteiger partial charge < -0.3 is 15.0 Å². The summed E-state index contributed by atoms with van der Waals surface area (Å²) in [5.41, 5.74) is 2.33. The van der Waals surface area contributed by atoms with Gasteiger partial charge in [0.15, 0.2) is 0 Å². The minimum Gasteiger partial charge on any atom is -0.496 e. The predicted octanol–water partition coefficient (Wildman–Crippen LogP) is 3.54. The van der Waals surface area contributed by atoms with Crippen LogP contribution in [0.4, 0.5) is 0 Å². The number of piperidine rings is 1. The molecule has 2 aromatic carbocycles. The molecule has 0 saturated carbocycles. The molecule has 0 spiro atoms. The topological polar surface area (TPSA) is 41.6 Å². The van der Waals surface area contributed by atoms with Crippen LogP contribution < -0.4 is 10.1 Å². The Balaban J connectivity index is 1.81. The zero-order chi connectivity index (χ0) is 17.6. The van der Waals surface area contributed by atoms with Gasteiger partial charge in [0, 0.05) is 31.1 Å². The Kier molecular flexibility index (Phi) is 5.71. The van der Waals surface area contributed by atoms with E-state index in [1.165, 1.54) is 5.56 Å². The summed E-state index contributed by atoms with van der Waals surface area (Å²) in [5, 5.41) is 3.67. The van der Waals surface area contributed by atoms with Crippen LogP contribution in [-0.4, -0.2) is 30.5 Å². The second-order valence-electron chi connectivity index (χ2n) is 6.37. The molecular weight excluding hydrogens is 312 g/mol. The summed E-state index contributed by atoms with van der Waals surface area (Å²) in [4.78, 5) is 14.4. The van der Waals surface area contributed by atoms with Crippen molar-refractivity contribution in [3.63, 3.8) is 0 Å². The normalized spacial score (nSPS) is 20.6. The molecule has 4 heteroatoms. The molecule has 1 fully saturated rings. The smallest absolute Gasteiger partial charge is 0.223 e. The highest BCUT2D eigenvalue weighted by atomic mass is 16.5. The van der Waals surface area contributed by atoms with Crippen LogP contribution in [0.5, 0.6) is 5.75 Å². The van der Waals surface area contributed by atoms with E-state index in [9.17, 15) is 4.79 Å². The summed E-state index contributed by atoms with van der Waals surface area (Å²) < 4.78 is 5.45. The Morgan fingerprint density at radius 3 is 2.56 bits per heavy atom. The van der Waals surface area contributed by atoms with Crippen molar-refractivity contribution >= 4 is 5.91 Å². The second-order valence-corrected chi connectivity index (χ2v) is 6.37. The number of nitrogens with one attached hydrogen (secondary N) is 1. The molecule has 1 heterocycles. The summed E-state index contributed by atoms with van der Waals surface area (Å²) in [6.45, 7) is 3.51. The monoisotopic (exact) mass is 338 g/mol. The lowest BCUT2D eigenvalue weighted by Crippen LogP contribution is -2.50. The van der Waals surface area contributed by atoms with Crippen LogP contribution in [0.15, 0.2) is 54.6 Å². The van der Waals surface area contributed by atoms with Crippen molar-refractivity contribution in [3.05, 3.63) is 65.7 Å². The number of carbonyl (C=O) groups excluding carboxylic acids is 1. The molecule has 1 N–H and O–H groups in total. The van der Waals surface area contributed by atoms with E-state index >= 15 is 0 Å². The number of para-hydroxylation sites is 1. The summed E-state index contributed by atoms with van der Waals surface area (Å²) in [6.07, 6.45) is 1.45. The molecule has 0 aromatic heterocycles. The van der Waals surface area contributed by atoms with Gasteiger partial charge >= 0.3 is 0 Å². The van der Waals surface area contributed by atoms with Crippen molar-refractivity contribution in [3.8, 4) is 5.75 Å². The SMILES string of the molecule is CCN1C(=O)CC[C@@H](NCc2ccccc2OC)[C@H]1c1ccccc1. The van der Waals surface area contributed by atoms with Gasteiger partial charge in [-0.3, -0.25) is 4.79 Å². The molecule has 25 heavy (non-hydrogen) atoms. The lowest BCUT2D eigenvalue weighted by molar-refractivity contribution is -0.137.